The molecule has 0 atom stereocenters. The zero-order chi connectivity index (χ0) is 14.3. The number of aromatic nitrogens is 1. The van der Waals surface area contributed by atoms with Crippen LogP contribution in [0.3, 0.4) is 0 Å². The number of amides is 1. The van der Waals surface area contributed by atoms with Gasteiger partial charge in [-0.15, -0.1) is 0 Å². The van der Waals surface area contributed by atoms with Crippen LogP contribution < -0.4 is 0 Å². The van der Waals surface area contributed by atoms with Crippen molar-refractivity contribution in [2.45, 2.75) is 39.3 Å². The lowest BCUT2D eigenvalue weighted by molar-refractivity contribution is 0.0224. The van der Waals surface area contributed by atoms with Gasteiger partial charge in [0.05, 0.1) is 0 Å². The molecular formula is C14H22N2O3. The van der Waals surface area contributed by atoms with E-state index >= 15 is 0 Å². The monoisotopic (exact) mass is 266 g/mol. The van der Waals surface area contributed by atoms with Crippen LogP contribution in [0.15, 0.2) is 24.5 Å². The van der Waals surface area contributed by atoms with Crippen molar-refractivity contribution < 1.29 is 14.6 Å². The third-order valence-electron chi connectivity index (χ3n) is 2.36. The molecule has 1 rings (SSSR count). The molecule has 0 radical (unpaired) electrons. The molecule has 5 nitrogen and oxygen atoms in total. The van der Waals surface area contributed by atoms with Crippen LogP contribution in [0.2, 0.25) is 0 Å². The molecular weight excluding hydrogens is 244 g/mol. The molecule has 1 heterocycles. The van der Waals surface area contributed by atoms with Gasteiger partial charge in [0.1, 0.15) is 5.60 Å². The fraction of sp³-hybridized carbons (Fsp3) is 0.571. The van der Waals surface area contributed by atoms with Gasteiger partial charge in [0.25, 0.3) is 0 Å². The third-order valence-corrected chi connectivity index (χ3v) is 2.36. The molecule has 0 aliphatic heterocycles. The Kier molecular flexibility index (Phi) is 5.76. The maximum Gasteiger partial charge on any atom is 0.410 e. The molecule has 5 heteroatoms. The number of hydrogen-bond acceptors (Lipinski definition) is 4. The highest BCUT2D eigenvalue weighted by atomic mass is 16.6. The highest BCUT2D eigenvalue weighted by molar-refractivity contribution is 5.68. The van der Waals surface area contributed by atoms with Crippen LogP contribution in [0, 0.1) is 0 Å². The summed E-state index contributed by atoms with van der Waals surface area (Å²) in [4.78, 5) is 17.6. The molecule has 0 aliphatic rings. The summed E-state index contributed by atoms with van der Waals surface area (Å²) in [6.07, 6.45) is 3.55. The summed E-state index contributed by atoms with van der Waals surface area (Å²) < 4.78 is 5.36. The van der Waals surface area contributed by atoms with Gasteiger partial charge < -0.3 is 14.7 Å². The van der Waals surface area contributed by atoms with Crippen LogP contribution in [0.25, 0.3) is 0 Å². The van der Waals surface area contributed by atoms with E-state index in [-0.39, 0.29) is 12.7 Å². The average molecular weight is 266 g/mol. The SMILES string of the molecule is CC(C)(C)OC(=O)N(CCCO)Cc1ccncc1. The fourth-order valence-corrected chi connectivity index (χ4v) is 1.53. The molecule has 0 saturated carbocycles. The summed E-state index contributed by atoms with van der Waals surface area (Å²) in [5.74, 6) is 0. The Morgan fingerprint density at radius 2 is 2.00 bits per heavy atom. The van der Waals surface area contributed by atoms with Gasteiger partial charge in [-0.3, -0.25) is 4.98 Å². The topological polar surface area (TPSA) is 62.7 Å². The van der Waals surface area contributed by atoms with Crippen molar-refractivity contribution in [3.8, 4) is 0 Å². The average Bonchev–Trinajstić information content (AvgIpc) is 2.33. The molecule has 106 valence electrons. The molecule has 0 fully saturated rings. The molecule has 0 aromatic carbocycles. The summed E-state index contributed by atoms with van der Waals surface area (Å²) in [7, 11) is 0. The van der Waals surface area contributed by atoms with E-state index in [4.69, 9.17) is 9.84 Å². The molecule has 19 heavy (non-hydrogen) atoms. The maximum atomic E-state index is 12.1. The lowest BCUT2D eigenvalue weighted by Crippen LogP contribution is -2.37. The van der Waals surface area contributed by atoms with Gasteiger partial charge in [-0.25, -0.2) is 4.79 Å². The Morgan fingerprint density at radius 3 is 2.53 bits per heavy atom. The van der Waals surface area contributed by atoms with Crippen LogP contribution in [0.1, 0.15) is 32.8 Å². The van der Waals surface area contributed by atoms with Gasteiger partial charge >= 0.3 is 6.09 Å². The second-order valence-corrected chi connectivity index (χ2v) is 5.33. The predicted molar refractivity (Wildman–Crippen MR) is 72.6 cm³/mol. The molecule has 1 aromatic heterocycles. The first-order valence-electron chi connectivity index (χ1n) is 6.40. The number of hydrogen-bond donors (Lipinski definition) is 1. The Bertz CT molecular complexity index is 387. The van der Waals surface area contributed by atoms with Crippen molar-refractivity contribution in [3.63, 3.8) is 0 Å². The van der Waals surface area contributed by atoms with Crippen LogP contribution in [0.5, 0.6) is 0 Å². The molecule has 0 aliphatic carbocycles. The first kappa shape index (κ1) is 15.4. The minimum absolute atomic E-state index is 0.0512. The number of aliphatic hydroxyl groups is 1. The number of ether oxygens (including phenoxy) is 1. The van der Waals surface area contributed by atoms with E-state index < -0.39 is 5.60 Å². The van der Waals surface area contributed by atoms with Gasteiger partial charge in [-0.2, -0.15) is 0 Å². The molecule has 0 spiro atoms. The van der Waals surface area contributed by atoms with Gasteiger partial charge in [0.15, 0.2) is 0 Å². The molecule has 1 N–H and O–H groups in total. The number of rotatable bonds is 5. The first-order valence-corrected chi connectivity index (χ1v) is 6.40. The summed E-state index contributed by atoms with van der Waals surface area (Å²) in [6.45, 7) is 6.48. The van der Waals surface area contributed by atoms with E-state index in [2.05, 4.69) is 4.98 Å². The van der Waals surface area contributed by atoms with Crippen LogP contribution in [0.4, 0.5) is 4.79 Å². The lowest BCUT2D eigenvalue weighted by Gasteiger charge is -2.27. The minimum Gasteiger partial charge on any atom is -0.444 e. The highest BCUT2D eigenvalue weighted by Gasteiger charge is 2.21. The second kappa shape index (κ2) is 7.09. The minimum atomic E-state index is -0.521. The fourth-order valence-electron chi connectivity index (χ4n) is 1.53. The standard InChI is InChI=1S/C14H22N2O3/c1-14(2,3)19-13(18)16(9-4-10-17)11-12-5-7-15-8-6-12/h5-8,17H,4,9-11H2,1-3H3. The second-order valence-electron chi connectivity index (χ2n) is 5.33. The Balaban J connectivity index is 2.68. The van der Waals surface area contributed by atoms with Crippen LogP contribution >= 0.6 is 0 Å². The first-order chi connectivity index (χ1) is 8.92. The summed E-state index contributed by atoms with van der Waals surface area (Å²) in [5.41, 5.74) is 0.464. The molecule has 0 bridgehead atoms. The van der Waals surface area contributed by atoms with Crippen LogP contribution in [-0.4, -0.2) is 39.8 Å². The van der Waals surface area contributed by atoms with Gasteiger partial charge in [0, 0.05) is 32.1 Å². The Morgan fingerprint density at radius 1 is 1.37 bits per heavy atom. The van der Waals surface area contributed by atoms with E-state index in [0.717, 1.165) is 5.56 Å². The van der Waals surface area contributed by atoms with E-state index in [1.54, 1.807) is 17.3 Å². The predicted octanol–water partition coefficient (Wildman–Crippen LogP) is 2.20. The summed E-state index contributed by atoms with van der Waals surface area (Å²) in [5, 5.41) is 8.91. The molecule has 0 saturated heterocycles. The van der Waals surface area contributed by atoms with Gasteiger partial charge in [0.2, 0.25) is 0 Å². The van der Waals surface area contributed by atoms with Crippen molar-refractivity contribution in [1.82, 2.24) is 9.88 Å². The number of pyridine rings is 1. The number of carbonyl (C=O) groups is 1. The van der Waals surface area contributed by atoms with E-state index in [0.29, 0.717) is 19.5 Å². The van der Waals surface area contributed by atoms with E-state index in [9.17, 15) is 4.79 Å². The van der Waals surface area contributed by atoms with E-state index in [1.165, 1.54) is 0 Å². The van der Waals surface area contributed by atoms with Crippen molar-refractivity contribution in [2.24, 2.45) is 0 Å². The molecule has 1 amide bonds. The molecule has 0 unspecified atom stereocenters. The van der Waals surface area contributed by atoms with Crippen molar-refractivity contribution >= 4 is 6.09 Å². The number of aliphatic hydroxyl groups excluding tert-OH is 1. The molecule has 1 aromatic rings. The van der Waals surface area contributed by atoms with Gasteiger partial charge in [-0.1, -0.05) is 0 Å². The Labute approximate surface area is 114 Å². The van der Waals surface area contributed by atoms with E-state index in [1.807, 2.05) is 32.9 Å². The normalized spacial score (nSPS) is 11.2. The number of carbonyl (C=O) groups excluding carboxylic acids is 1. The van der Waals surface area contributed by atoms with Crippen molar-refractivity contribution in [3.05, 3.63) is 30.1 Å². The third kappa shape index (κ3) is 6.20. The van der Waals surface area contributed by atoms with Crippen LogP contribution in [-0.2, 0) is 11.3 Å². The zero-order valence-corrected chi connectivity index (χ0v) is 11.8. The van der Waals surface area contributed by atoms with Gasteiger partial charge in [-0.05, 0) is 44.9 Å². The maximum absolute atomic E-state index is 12.1. The van der Waals surface area contributed by atoms with Crippen molar-refractivity contribution in [1.29, 1.82) is 0 Å². The lowest BCUT2D eigenvalue weighted by atomic mass is 10.2. The number of nitrogens with zero attached hydrogens (tertiary/aromatic N) is 2. The highest BCUT2D eigenvalue weighted by Crippen LogP contribution is 2.12. The smallest absolute Gasteiger partial charge is 0.410 e. The van der Waals surface area contributed by atoms with Crippen molar-refractivity contribution in [2.75, 3.05) is 13.2 Å². The summed E-state index contributed by atoms with van der Waals surface area (Å²) in [6, 6.07) is 3.71. The summed E-state index contributed by atoms with van der Waals surface area (Å²) >= 11 is 0. The zero-order valence-electron chi connectivity index (χ0n) is 11.8. The Hall–Kier alpha value is -1.62. The largest absolute Gasteiger partial charge is 0.444 e. The quantitative estimate of drug-likeness (QED) is 0.887.